The van der Waals surface area contributed by atoms with Crippen LogP contribution >= 0.6 is 0 Å². The molecule has 0 atom stereocenters. The number of benzene rings is 1. The molecular formula is C21H24N6O2. The molecule has 3 heterocycles. The molecule has 1 fully saturated rings. The predicted molar refractivity (Wildman–Crippen MR) is 112 cm³/mol. The van der Waals surface area contributed by atoms with E-state index in [4.69, 9.17) is 4.52 Å². The number of nitrogens with zero attached hydrogens (tertiary/aromatic N) is 5. The minimum atomic E-state index is -0.364. The quantitative estimate of drug-likeness (QED) is 0.730. The number of amides is 1. The van der Waals surface area contributed by atoms with Crippen LogP contribution in [0.2, 0.25) is 0 Å². The minimum absolute atomic E-state index is 0.239. The lowest BCUT2D eigenvalue weighted by Crippen LogP contribution is -2.47. The smallest absolute Gasteiger partial charge is 0.277 e. The second-order valence-electron chi connectivity index (χ2n) is 7.23. The van der Waals surface area contributed by atoms with Gasteiger partial charge < -0.3 is 19.6 Å². The van der Waals surface area contributed by atoms with E-state index in [1.165, 1.54) is 23.0 Å². The van der Waals surface area contributed by atoms with Crippen molar-refractivity contribution in [1.29, 1.82) is 0 Å². The van der Waals surface area contributed by atoms with Crippen molar-refractivity contribution in [2.75, 3.05) is 41.3 Å². The Labute approximate surface area is 169 Å². The number of hydrogen-bond acceptors (Lipinski definition) is 7. The van der Waals surface area contributed by atoms with Gasteiger partial charge >= 0.3 is 0 Å². The fourth-order valence-electron chi connectivity index (χ4n) is 3.46. The molecule has 1 N–H and O–H groups in total. The van der Waals surface area contributed by atoms with Crippen LogP contribution in [0.15, 0.2) is 41.2 Å². The first-order chi connectivity index (χ1) is 14.0. The Hall–Kier alpha value is -3.42. The lowest BCUT2D eigenvalue weighted by atomic mass is 10.1. The molecule has 1 aromatic carbocycles. The summed E-state index contributed by atoms with van der Waals surface area (Å²) >= 11 is 0. The highest BCUT2D eigenvalue weighted by molar-refractivity contribution is 6.02. The summed E-state index contributed by atoms with van der Waals surface area (Å²) in [5.41, 5.74) is 4.18. The van der Waals surface area contributed by atoms with E-state index in [0.717, 1.165) is 32.0 Å². The number of carbonyl (C=O) groups is 1. The van der Waals surface area contributed by atoms with Crippen molar-refractivity contribution in [3.63, 3.8) is 0 Å². The van der Waals surface area contributed by atoms with E-state index in [2.05, 4.69) is 62.3 Å². The molecule has 150 valence electrons. The van der Waals surface area contributed by atoms with Crippen molar-refractivity contribution in [1.82, 2.24) is 15.1 Å². The summed E-state index contributed by atoms with van der Waals surface area (Å²) in [6.07, 6.45) is 3.14. The summed E-state index contributed by atoms with van der Waals surface area (Å²) < 4.78 is 4.94. The fourth-order valence-corrected chi connectivity index (χ4v) is 3.46. The number of anilines is 3. The summed E-state index contributed by atoms with van der Waals surface area (Å²) in [5.74, 6) is 1.40. The second kappa shape index (κ2) is 7.90. The first-order valence-electron chi connectivity index (χ1n) is 9.64. The molecule has 3 aromatic rings. The summed E-state index contributed by atoms with van der Waals surface area (Å²) in [6.45, 7) is 9.62. The number of carbonyl (C=O) groups excluding carboxylic acids is 1. The normalized spacial score (nSPS) is 14.2. The minimum Gasteiger partial charge on any atom is -0.368 e. The predicted octanol–water partition coefficient (Wildman–Crippen LogP) is 2.97. The third-order valence-electron chi connectivity index (χ3n) is 5.26. The van der Waals surface area contributed by atoms with Gasteiger partial charge in [-0.2, -0.15) is 0 Å². The number of aryl methyl sites for hydroxylation is 2. The van der Waals surface area contributed by atoms with Gasteiger partial charge in [0.25, 0.3) is 5.91 Å². The van der Waals surface area contributed by atoms with Crippen molar-refractivity contribution >= 4 is 23.2 Å². The molecule has 8 heteroatoms. The van der Waals surface area contributed by atoms with Crippen LogP contribution in [-0.4, -0.2) is 47.2 Å². The zero-order chi connectivity index (χ0) is 20.4. The maximum absolute atomic E-state index is 12.3. The first-order valence-corrected chi connectivity index (χ1v) is 9.64. The molecule has 1 amide bonds. The number of rotatable bonds is 4. The Bertz CT molecular complexity index is 1010. The van der Waals surface area contributed by atoms with Crippen molar-refractivity contribution in [2.24, 2.45) is 0 Å². The molecule has 1 saturated heterocycles. The Kier molecular flexibility index (Phi) is 5.16. The van der Waals surface area contributed by atoms with Crippen LogP contribution in [0, 0.1) is 20.8 Å². The number of piperazine rings is 1. The number of aromatic nitrogens is 3. The van der Waals surface area contributed by atoms with Crippen molar-refractivity contribution in [3.05, 3.63) is 59.2 Å². The van der Waals surface area contributed by atoms with E-state index in [9.17, 15) is 4.79 Å². The first kappa shape index (κ1) is 18.9. The zero-order valence-electron chi connectivity index (χ0n) is 16.8. The van der Waals surface area contributed by atoms with Gasteiger partial charge in [-0.3, -0.25) is 4.79 Å². The molecule has 29 heavy (non-hydrogen) atoms. The Morgan fingerprint density at radius 3 is 2.45 bits per heavy atom. The fraction of sp³-hybridized carbons (Fsp3) is 0.333. The maximum atomic E-state index is 12.3. The molecule has 4 rings (SSSR count). The number of hydrogen-bond donors (Lipinski definition) is 1. The molecule has 0 aliphatic carbocycles. The van der Waals surface area contributed by atoms with Crippen LogP contribution in [0.4, 0.5) is 17.3 Å². The van der Waals surface area contributed by atoms with Crippen LogP contribution in [-0.2, 0) is 0 Å². The summed E-state index contributed by atoms with van der Waals surface area (Å²) in [6, 6.07) is 8.09. The summed E-state index contributed by atoms with van der Waals surface area (Å²) in [5, 5.41) is 6.39. The highest BCUT2D eigenvalue weighted by Crippen LogP contribution is 2.24. The lowest BCUT2D eigenvalue weighted by molar-refractivity contribution is 0.102. The van der Waals surface area contributed by atoms with Gasteiger partial charge in [-0.1, -0.05) is 17.3 Å². The molecule has 0 radical (unpaired) electrons. The van der Waals surface area contributed by atoms with Crippen LogP contribution in [0.3, 0.4) is 0 Å². The van der Waals surface area contributed by atoms with Crippen LogP contribution in [0.5, 0.6) is 0 Å². The van der Waals surface area contributed by atoms with Gasteiger partial charge in [0.15, 0.2) is 5.82 Å². The standard InChI is InChI=1S/C21H24N6O2/c1-14-5-4-6-18(16(14)3)26-7-9-27(10-8-26)20-13-22-17(12-23-20)21(28)24-19-11-15(2)29-25-19/h4-6,11-13H,7-10H2,1-3H3,(H,24,25,28). The molecule has 8 nitrogen and oxygen atoms in total. The molecule has 0 bridgehead atoms. The summed E-state index contributed by atoms with van der Waals surface area (Å²) in [4.78, 5) is 25.6. The van der Waals surface area contributed by atoms with E-state index in [0.29, 0.717) is 11.6 Å². The molecule has 1 aliphatic heterocycles. The maximum Gasteiger partial charge on any atom is 0.277 e. The SMILES string of the molecule is Cc1cc(NC(=O)c2cnc(N3CCN(c4cccc(C)c4C)CC3)cn2)no1. The van der Waals surface area contributed by atoms with Gasteiger partial charge in [0.2, 0.25) is 0 Å². The average molecular weight is 392 g/mol. The topological polar surface area (TPSA) is 87.4 Å². The monoisotopic (exact) mass is 392 g/mol. The Morgan fingerprint density at radius 1 is 1.03 bits per heavy atom. The third kappa shape index (κ3) is 4.06. The van der Waals surface area contributed by atoms with Crippen molar-refractivity contribution < 1.29 is 9.32 Å². The molecule has 1 aliphatic rings. The van der Waals surface area contributed by atoms with Gasteiger partial charge in [-0.15, -0.1) is 0 Å². The summed E-state index contributed by atoms with van der Waals surface area (Å²) in [7, 11) is 0. The zero-order valence-corrected chi connectivity index (χ0v) is 16.8. The van der Waals surface area contributed by atoms with Crippen molar-refractivity contribution in [3.8, 4) is 0 Å². The highest BCUT2D eigenvalue weighted by Gasteiger charge is 2.20. The Balaban J connectivity index is 1.37. The van der Waals surface area contributed by atoms with Gasteiger partial charge in [0, 0.05) is 37.9 Å². The average Bonchev–Trinajstić information content (AvgIpc) is 3.15. The molecule has 0 unspecified atom stereocenters. The van der Waals surface area contributed by atoms with E-state index < -0.39 is 0 Å². The van der Waals surface area contributed by atoms with Gasteiger partial charge in [0.05, 0.1) is 12.4 Å². The molecule has 0 saturated carbocycles. The third-order valence-corrected chi connectivity index (χ3v) is 5.26. The molecule has 2 aromatic heterocycles. The van der Waals surface area contributed by atoms with E-state index in [1.807, 2.05) is 0 Å². The van der Waals surface area contributed by atoms with Gasteiger partial charge in [-0.05, 0) is 38.0 Å². The van der Waals surface area contributed by atoms with Crippen LogP contribution in [0.25, 0.3) is 0 Å². The Morgan fingerprint density at radius 2 is 1.79 bits per heavy atom. The highest BCUT2D eigenvalue weighted by atomic mass is 16.5. The lowest BCUT2D eigenvalue weighted by Gasteiger charge is -2.37. The number of nitrogens with one attached hydrogen (secondary N) is 1. The van der Waals surface area contributed by atoms with Crippen LogP contribution < -0.4 is 15.1 Å². The van der Waals surface area contributed by atoms with Gasteiger partial charge in [-0.25, -0.2) is 9.97 Å². The largest absolute Gasteiger partial charge is 0.368 e. The van der Waals surface area contributed by atoms with Crippen LogP contribution in [0.1, 0.15) is 27.4 Å². The molecule has 0 spiro atoms. The van der Waals surface area contributed by atoms with E-state index in [1.54, 1.807) is 19.2 Å². The van der Waals surface area contributed by atoms with Gasteiger partial charge in [0.1, 0.15) is 17.3 Å². The second-order valence-corrected chi connectivity index (χ2v) is 7.23. The van der Waals surface area contributed by atoms with E-state index >= 15 is 0 Å². The van der Waals surface area contributed by atoms with E-state index in [-0.39, 0.29) is 11.6 Å². The molecular weight excluding hydrogens is 368 g/mol. The van der Waals surface area contributed by atoms with Crippen molar-refractivity contribution in [2.45, 2.75) is 20.8 Å².